The minimum Gasteiger partial charge on any atom is -0.328 e. The molecule has 0 aliphatic heterocycles. The average molecular weight is 352 g/mol. The summed E-state index contributed by atoms with van der Waals surface area (Å²) in [7, 11) is 0. The first kappa shape index (κ1) is 17.9. The summed E-state index contributed by atoms with van der Waals surface area (Å²) in [4.78, 5) is 24.3. The van der Waals surface area contributed by atoms with Crippen molar-refractivity contribution in [1.29, 1.82) is 0 Å². The van der Waals surface area contributed by atoms with Gasteiger partial charge in [-0.2, -0.15) is 0 Å². The van der Waals surface area contributed by atoms with E-state index in [1.807, 2.05) is 31.2 Å². The highest BCUT2D eigenvalue weighted by atomic mass is 16.2. The van der Waals surface area contributed by atoms with Crippen molar-refractivity contribution in [3.05, 3.63) is 54.1 Å². The number of para-hydroxylation sites is 1. The van der Waals surface area contributed by atoms with Crippen molar-refractivity contribution in [1.82, 2.24) is 0 Å². The van der Waals surface area contributed by atoms with Gasteiger partial charge in [-0.25, -0.2) is 4.79 Å². The molecule has 2 aromatic rings. The van der Waals surface area contributed by atoms with Gasteiger partial charge < -0.3 is 21.7 Å². The number of carbonyl (C=O) groups excluding carboxylic acids is 2. The van der Waals surface area contributed by atoms with Gasteiger partial charge in [0.05, 0.1) is 0 Å². The van der Waals surface area contributed by atoms with Crippen LogP contribution in [0.25, 0.3) is 0 Å². The Labute approximate surface area is 153 Å². The number of nitrogens with one attached hydrogen (secondary N) is 3. The molecule has 1 unspecified atom stereocenters. The normalized spacial score (nSPS) is 19.0. The Morgan fingerprint density at radius 2 is 1.58 bits per heavy atom. The number of aryl methyl sites for hydroxylation is 1. The van der Waals surface area contributed by atoms with Crippen LogP contribution in [0.5, 0.6) is 0 Å². The first-order valence-corrected chi connectivity index (χ1v) is 8.81. The molecular weight excluding hydrogens is 328 g/mol. The van der Waals surface area contributed by atoms with Crippen LogP contribution in [0.4, 0.5) is 21.9 Å². The lowest BCUT2D eigenvalue weighted by molar-refractivity contribution is -0.119. The van der Waals surface area contributed by atoms with Crippen LogP contribution < -0.4 is 21.7 Å². The molecule has 3 rings (SSSR count). The third-order valence-electron chi connectivity index (χ3n) is 4.65. The summed E-state index contributed by atoms with van der Waals surface area (Å²) in [5.74, 6) is -0.00125. The second-order valence-corrected chi connectivity index (χ2v) is 6.73. The molecular formula is C20H24N4O2. The number of urea groups is 1. The Balaban J connectivity index is 1.53. The third kappa shape index (κ3) is 4.61. The zero-order valence-corrected chi connectivity index (χ0v) is 14.8. The van der Waals surface area contributed by atoms with E-state index < -0.39 is 0 Å². The minimum absolute atomic E-state index is 0.0101. The molecule has 0 spiro atoms. The number of rotatable bonds is 4. The molecule has 0 heterocycles. The maximum absolute atomic E-state index is 12.2. The molecule has 26 heavy (non-hydrogen) atoms. The van der Waals surface area contributed by atoms with E-state index in [0.717, 1.165) is 30.5 Å². The summed E-state index contributed by atoms with van der Waals surface area (Å²) >= 11 is 0. The van der Waals surface area contributed by atoms with Crippen LogP contribution in [0.15, 0.2) is 48.5 Å². The Morgan fingerprint density at radius 3 is 2.19 bits per heavy atom. The van der Waals surface area contributed by atoms with E-state index in [2.05, 4.69) is 16.0 Å². The SMILES string of the molecule is Cc1ccccc1NC(=O)Nc1ccc(NC(=O)C2CC[C@H](N)C2)cc1. The Hall–Kier alpha value is -2.86. The fourth-order valence-electron chi connectivity index (χ4n) is 3.13. The van der Waals surface area contributed by atoms with Gasteiger partial charge in [0, 0.05) is 29.0 Å². The van der Waals surface area contributed by atoms with E-state index in [1.54, 1.807) is 24.3 Å². The highest BCUT2D eigenvalue weighted by Crippen LogP contribution is 2.25. The molecule has 5 N–H and O–H groups in total. The Morgan fingerprint density at radius 1 is 0.923 bits per heavy atom. The number of benzene rings is 2. The smallest absolute Gasteiger partial charge is 0.323 e. The number of carbonyl (C=O) groups is 2. The van der Waals surface area contributed by atoms with Crippen molar-refractivity contribution < 1.29 is 9.59 Å². The molecule has 1 fully saturated rings. The summed E-state index contributed by atoms with van der Waals surface area (Å²) in [5, 5.41) is 8.50. The fourth-order valence-corrected chi connectivity index (χ4v) is 3.13. The van der Waals surface area contributed by atoms with Crippen LogP contribution in [-0.2, 0) is 4.79 Å². The van der Waals surface area contributed by atoms with E-state index in [-0.39, 0.29) is 23.9 Å². The average Bonchev–Trinajstić information content (AvgIpc) is 3.05. The second-order valence-electron chi connectivity index (χ2n) is 6.73. The van der Waals surface area contributed by atoms with Gasteiger partial charge in [0.1, 0.15) is 0 Å². The number of amides is 3. The van der Waals surface area contributed by atoms with E-state index in [4.69, 9.17) is 5.73 Å². The molecule has 0 aromatic heterocycles. The molecule has 1 saturated carbocycles. The number of anilines is 3. The van der Waals surface area contributed by atoms with E-state index in [9.17, 15) is 9.59 Å². The van der Waals surface area contributed by atoms with Gasteiger partial charge in [0.15, 0.2) is 0 Å². The van der Waals surface area contributed by atoms with Crippen LogP contribution in [0.3, 0.4) is 0 Å². The Kier molecular flexibility index (Phi) is 5.53. The topological polar surface area (TPSA) is 96.2 Å². The second kappa shape index (κ2) is 8.01. The highest BCUT2D eigenvalue weighted by Gasteiger charge is 2.27. The largest absolute Gasteiger partial charge is 0.328 e. The number of hydrogen-bond acceptors (Lipinski definition) is 3. The summed E-state index contributed by atoms with van der Waals surface area (Å²) in [6, 6.07) is 14.5. The molecule has 0 bridgehead atoms. The Bertz CT molecular complexity index is 789. The van der Waals surface area contributed by atoms with Crippen LogP contribution in [0.1, 0.15) is 24.8 Å². The van der Waals surface area contributed by atoms with Gasteiger partial charge in [0.2, 0.25) is 5.91 Å². The molecule has 1 aliphatic carbocycles. The molecule has 3 amide bonds. The van der Waals surface area contributed by atoms with Gasteiger partial charge in [-0.1, -0.05) is 18.2 Å². The molecule has 6 heteroatoms. The fraction of sp³-hybridized carbons (Fsp3) is 0.300. The van der Waals surface area contributed by atoms with Crippen molar-refractivity contribution in [3.8, 4) is 0 Å². The monoisotopic (exact) mass is 352 g/mol. The molecule has 1 aliphatic rings. The van der Waals surface area contributed by atoms with Crippen molar-refractivity contribution in [2.45, 2.75) is 32.2 Å². The third-order valence-corrected chi connectivity index (χ3v) is 4.65. The van der Waals surface area contributed by atoms with Gasteiger partial charge in [-0.05, 0) is 62.1 Å². The molecule has 0 saturated heterocycles. The van der Waals surface area contributed by atoms with Gasteiger partial charge in [-0.15, -0.1) is 0 Å². The summed E-state index contributed by atoms with van der Waals surface area (Å²) in [5.41, 5.74) is 8.98. The first-order chi connectivity index (χ1) is 12.5. The van der Waals surface area contributed by atoms with Crippen molar-refractivity contribution in [2.24, 2.45) is 11.7 Å². The number of hydrogen-bond donors (Lipinski definition) is 4. The molecule has 6 nitrogen and oxygen atoms in total. The van der Waals surface area contributed by atoms with Crippen LogP contribution >= 0.6 is 0 Å². The van der Waals surface area contributed by atoms with Gasteiger partial charge in [-0.3, -0.25) is 4.79 Å². The van der Waals surface area contributed by atoms with Crippen LogP contribution in [-0.4, -0.2) is 18.0 Å². The van der Waals surface area contributed by atoms with Crippen LogP contribution in [0, 0.1) is 12.8 Å². The van der Waals surface area contributed by atoms with Gasteiger partial charge >= 0.3 is 6.03 Å². The van der Waals surface area contributed by atoms with Crippen molar-refractivity contribution in [3.63, 3.8) is 0 Å². The maximum atomic E-state index is 12.2. The lowest BCUT2D eigenvalue weighted by atomic mass is 10.1. The predicted octanol–water partition coefficient (Wildman–Crippen LogP) is 3.70. The molecule has 136 valence electrons. The summed E-state index contributed by atoms with van der Waals surface area (Å²) in [6.07, 6.45) is 2.48. The highest BCUT2D eigenvalue weighted by molar-refractivity contribution is 6.00. The molecule has 0 radical (unpaired) electrons. The first-order valence-electron chi connectivity index (χ1n) is 8.81. The zero-order valence-electron chi connectivity index (χ0n) is 14.8. The van der Waals surface area contributed by atoms with Crippen molar-refractivity contribution in [2.75, 3.05) is 16.0 Å². The van der Waals surface area contributed by atoms with E-state index >= 15 is 0 Å². The minimum atomic E-state index is -0.309. The van der Waals surface area contributed by atoms with Gasteiger partial charge in [0.25, 0.3) is 0 Å². The number of nitrogens with two attached hydrogens (primary N) is 1. The van der Waals surface area contributed by atoms with E-state index in [0.29, 0.717) is 11.4 Å². The maximum Gasteiger partial charge on any atom is 0.323 e. The standard InChI is InChI=1S/C20H24N4O2/c1-13-4-2-3-5-18(13)24-20(26)23-17-10-8-16(9-11-17)22-19(25)14-6-7-15(21)12-14/h2-5,8-11,14-15H,6-7,12,21H2,1H3,(H,22,25)(H2,23,24,26)/t14?,15-/m0/s1. The lowest BCUT2D eigenvalue weighted by Crippen LogP contribution is -2.23. The summed E-state index contributed by atoms with van der Waals surface area (Å²) < 4.78 is 0. The zero-order chi connectivity index (χ0) is 18.5. The van der Waals surface area contributed by atoms with E-state index in [1.165, 1.54) is 0 Å². The molecule has 2 atom stereocenters. The van der Waals surface area contributed by atoms with Crippen molar-refractivity contribution >= 4 is 29.0 Å². The van der Waals surface area contributed by atoms with Crippen LogP contribution in [0.2, 0.25) is 0 Å². The quantitative estimate of drug-likeness (QED) is 0.675. The lowest BCUT2D eigenvalue weighted by Gasteiger charge is -2.12. The predicted molar refractivity (Wildman–Crippen MR) is 104 cm³/mol. The molecule has 2 aromatic carbocycles. The summed E-state index contributed by atoms with van der Waals surface area (Å²) in [6.45, 7) is 1.93.